The molecule has 0 atom stereocenters. The van der Waals surface area contributed by atoms with E-state index in [1.807, 2.05) is 0 Å². The summed E-state index contributed by atoms with van der Waals surface area (Å²) in [7, 11) is 3.10. The van der Waals surface area contributed by atoms with Gasteiger partial charge in [-0.1, -0.05) is 23.7 Å². The maximum atomic E-state index is 11.8. The molecule has 0 saturated heterocycles. The first-order valence-electron chi connectivity index (χ1n) is 7.28. The quantitative estimate of drug-likeness (QED) is 0.749. The van der Waals surface area contributed by atoms with Crippen molar-refractivity contribution in [2.75, 3.05) is 32.7 Å². The molecule has 0 aliphatic carbocycles. The summed E-state index contributed by atoms with van der Waals surface area (Å²) in [5, 5.41) is 5.94. The van der Waals surface area contributed by atoms with Crippen LogP contribution in [0, 0.1) is 0 Å². The fourth-order valence-electron chi connectivity index (χ4n) is 2.04. The molecule has 0 aliphatic heterocycles. The lowest BCUT2D eigenvalue weighted by molar-refractivity contribution is 0.245. The minimum absolute atomic E-state index is 0.284. The lowest BCUT2D eigenvalue weighted by Crippen LogP contribution is -2.32. The Balaban J connectivity index is 1.80. The van der Waals surface area contributed by atoms with Gasteiger partial charge in [-0.2, -0.15) is 0 Å². The third-order valence-electron chi connectivity index (χ3n) is 3.09. The Bertz CT molecular complexity index is 694. The lowest BCUT2D eigenvalue weighted by atomic mass is 10.3. The van der Waals surface area contributed by atoms with E-state index in [9.17, 15) is 4.79 Å². The van der Waals surface area contributed by atoms with Crippen LogP contribution in [0.1, 0.15) is 0 Å². The molecule has 7 heteroatoms. The number of carbonyl (C=O) groups is 1. The van der Waals surface area contributed by atoms with Crippen molar-refractivity contribution in [2.24, 2.45) is 0 Å². The summed E-state index contributed by atoms with van der Waals surface area (Å²) in [5.41, 5.74) is 0.621. The van der Waals surface area contributed by atoms with Gasteiger partial charge in [0.15, 0.2) is 11.5 Å². The molecule has 0 aromatic heterocycles. The minimum Gasteiger partial charge on any atom is -0.493 e. The monoisotopic (exact) mass is 350 g/mol. The van der Waals surface area contributed by atoms with Crippen molar-refractivity contribution in [3.63, 3.8) is 0 Å². The highest BCUT2D eigenvalue weighted by atomic mass is 35.5. The van der Waals surface area contributed by atoms with Gasteiger partial charge in [-0.15, -0.1) is 0 Å². The van der Waals surface area contributed by atoms with E-state index >= 15 is 0 Å². The summed E-state index contributed by atoms with van der Waals surface area (Å²) in [6.07, 6.45) is 0. The Labute approximate surface area is 145 Å². The molecule has 2 rings (SSSR count). The molecule has 0 unspecified atom stereocenters. The predicted molar refractivity (Wildman–Crippen MR) is 93.5 cm³/mol. The number of carbonyl (C=O) groups excluding carboxylic acids is 1. The smallest absolute Gasteiger partial charge is 0.319 e. The van der Waals surface area contributed by atoms with E-state index < -0.39 is 0 Å². The van der Waals surface area contributed by atoms with Crippen molar-refractivity contribution in [2.45, 2.75) is 0 Å². The van der Waals surface area contributed by atoms with E-state index in [1.54, 1.807) is 56.7 Å². The van der Waals surface area contributed by atoms with Crippen molar-refractivity contribution < 1.29 is 19.0 Å². The highest BCUT2D eigenvalue weighted by Gasteiger charge is 2.10. The zero-order chi connectivity index (χ0) is 17.4. The van der Waals surface area contributed by atoms with Gasteiger partial charge in [0, 0.05) is 10.7 Å². The molecule has 0 bridgehead atoms. The van der Waals surface area contributed by atoms with Crippen LogP contribution in [-0.2, 0) is 0 Å². The van der Waals surface area contributed by atoms with Gasteiger partial charge >= 0.3 is 6.03 Å². The number of ether oxygens (including phenoxy) is 3. The van der Waals surface area contributed by atoms with Crippen molar-refractivity contribution in [3.8, 4) is 17.2 Å². The van der Waals surface area contributed by atoms with Crippen molar-refractivity contribution in [1.82, 2.24) is 5.32 Å². The van der Waals surface area contributed by atoms with E-state index in [4.69, 9.17) is 25.8 Å². The minimum atomic E-state index is -0.335. The molecule has 2 aromatic carbocycles. The van der Waals surface area contributed by atoms with E-state index in [0.29, 0.717) is 34.5 Å². The number of para-hydroxylation sites is 1. The highest BCUT2D eigenvalue weighted by Crippen LogP contribution is 2.36. The van der Waals surface area contributed by atoms with Gasteiger partial charge in [0.05, 0.1) is 20.8 Å². The van der Waals surface area contributed by atoms with Crippen LogP contribution in [0.15, 0.2) is 42.5 Å². The summed E-state index contributed by atoms with van der Waals surface area (Å²) in [4.78, 5) is 11.8. The van der Waals surface area contributed by atoms with Crippen molar-refractivity contribution in [3.05, 3.63) is 47.5 Å². The predicted octanol–water partition coefficient (Wildman–Crippen LogP) is 3.56. The molecule has 128 valence electrons. The molecule has 6 nitrogen and oxygen atoms in total. The Morgan fingerprint density at radius 1 is 1.08 bits per heavy atom. The van der Waals surface area contributed by atoms with Crippen LogP contribution < -0.4 is 24.8 Å². The molecule has 0 spiro atoms. The number of urea groups is 1. The number of anilines is 1. The van der Waals surface area contributed by atoms with Gasteiger partial charge in [0.2, 0.25) is 5.75 Å². The Kier molecular flexibility index (Phi) is 6.57. The zero-order valence-corrected chi connectivity index (χ0v) is 14.2. The second-order valence-electron chi connectivity index (χ2n) is 4.73. The normalized spacial score (nSPS) is 9.96. The number of benzene rings is 2. The summed E-state index contributed by atoms with van der Waals surface area (Å²) in [6, 6.07) is 11.9. The van der Waals surface area contributed by atoms with E-state index in [2.05, 4.69) is 10.6 Å². The largest absolute Gasteiger partial charge is 0.493 e. The number of nitrogens with one attached hydrogen (secondary N) is 2. The lowest BCUT2D eigenvalue weighted by Gasteiger charge is -2.14. The molecular formula is C17H19ClN2O4. The van der Waals surface area contributed by atoms with Gasteiger partial charge in [-0.05, 0) is 30.3 Å². The highest BCUT2D eigenvalue weighted by molar-refractivity contribution is 6.30. The molecule has 0 radical (unpaired) electrons. The first kappa shape index (κ1) is 17.7. The molecular weight excluding hydrogens is 332 g/mol. The second kappa shape index (κ2) is 8.88. The summed E-state index contributed by atoms with van der Waals surface area (Å²) in [5.74, 6) is 1.65. The number of halogens is 1. The summed E-state index contributed by atoms with van der Waals surface area (Å²) in [6.45, 7) is 0.610. The fourth-order valence-corrected chi connectivity index (χ4v) is 2.23. The van der Waals surface area contributed by atoms with Crippen LogP contribution in [0.3, 0.4) is 0 Å². The van der Waals surface area contributed by atoms with Gasteiger partial charge in [-0.25, -0.2) is 4.79 Å². The van der Waals surface area contributed by atoms with E-state index in [0.717, 1.165) is 0 Å². The number of amides is 2. The van der Waals surface area contributed by atoms with Crippen LogP contribution >= 0.6 is 11.6 Å². The van der Waals surface area contributed by atoms with Gasteiger partial charge in [0.1, 0.15) is 6.61 Å². The molecule has 24 heavy (non-hydrogen) atoms. The average molecular weight is 351 g/mol. The average Bonchev–Trinajstić information content (AvgIpc) is 2.58. The molecule has 2 N–H and O–H groups in total. The molecule has 0 heterocycles. The maximum Gasteiger partial charge on any atom is 0.319 e. The van der Waals surface area contributed by atoms with Crippen LogP contribution in [0.4, 0.5) is 10.5 Å². The van der Waals surface area contributed by atoms with Crippen molar-refractivity contribution >= 4 is 23.3 Å². The van der Waals surface area contributed by atoms with Crippen molar-refractivity contribution in [1.29, 1.82) is 0 Å². The van der Waals surface area contributed by atoms with Gasteiger partial charge in [0.25, 0.3) is 0 Å². The van der Waals surface area contributed by atoms with Crippen LogP contribution in [0.25, 0.3) is 0 Å². The number of methoxy groups -OCH3 is 2. The molecule has 2 amide bonds. The second-order valence-corrected chi connectivity index (χ2v) is 5.17. The first-order valence-corrected chi connectivity index (χ1v) is 7.66. The van der Waals surface area contributed by atoms with E-state index in [-0.39, 0.29) is 12.6 Å². The fraction of sp³-hybridized carbons (Fsp3) is 0.235. The number of hydrogen-bond donors (Lipinski definition) is 2. The third-order valence-corrected chi connectivity index (χ3v) is 3.33. The topological polar surface area (TPSA) is 68.8 Å². The third kappa shape index (κ3) is 4.96. The Hall–Kier alpha value is -2.60. The molecule has 0 aliphatic rings. The van der Waals surface area contributed by atoms with Crippen LogP contribution in [0.5, 0.6) is 17.2 Å². The Morgan fingerprint density at radius 3 is 2.54 bits per heavy atom. The van der Waals surface area contributed by atoms with Gasteiger partial charge in [-0.3, -0.25) is 0 Å². The summed E-state index contributed by atoms with van der Waals surface area (Å²) >= 11 is 5.86. The standard InChI is InChI=1S/C17H19ClN2O4/c1-22-14-7-4-8-15(16(14)23-2)24-10-9-19-17(21)20-13-6-3-5-12(18)11-13/h3-8,11H,9-10H2,1-2H3,(H2,19,20,21). The number of rotatable bonds is 7. The molecule has 0 fully saturated rings. The molecule has 2 aromatic rings. The van der Waals surface area contributed by atoms with Crippen LogP contribution in [-0.4, -0.2) is 33.4 Å². The van der Waals surface area contributed by atoms with Crippen LogP contribution in [0.2, 0.25) is 5.02 Å². The molecule has 0 saturated carbocycles. The summed E-state index contributed by atoms with van der Waals surface area (Å²) < 4.78 is 16.1. The SMILES string of the molecule is COc1cccc(OCCNC(=O)Nc2cccc(Cl)c2)c1OC. The van der Waals surface area contributed by atoms with E-state index in [1.165, 1.54) is 0 Å². The number of hydrogen-bond acceptors (Lipinski definition) is 4. The van der Waals surface area contributed by atoms with Gasteiger partial charge < -0.3 is 24.8 Å². The first-order chi connectivity index (χ1) is 11.6. The Morgan fingerprint density at radius 2 is 1.83 bits per heavy atom. The zero-order valence-electron chi connectivity index (χ0n) is 13.5. The maximum absolute atomic E-state index is 11.8.